The summed E-state index contributed by atoms with van der Waals surface area (Å²) in [6.07, 6.45) is 6.72. The van der Waals surface area contributed by atoms with Gasteiger partial charge in [0.15, 0.2) is 11.5 Å². The molecular weight excluding hydrogens is 378 g/mol. The van der Waals surface area contributed by atoms with Gasteiger partial charge in [0, 0.05) is 49.1 Å². The first-order chi connectivity index (χ1) is 14.6. The fourth-order valence-corrected chi connectivity index (χ4v) is 4.56. The molecule has 0 amide bonds. The summed E-state index contributed by atoms with van der Waals surface area (Å²) < 4.78 is 11.7. The Hall–Kier alpha value is -2.54. The maximum atomic E-state index is 6.23. The van der Waals surface area contributed by atoms with Gasteiger partial charge in [-0.2, -0.15) is 4.98 Å². The smallest absolute Gasteiger partial charge is 0.229 e. The molecule has 0 spiro atoms. The number of hydrogen-bond donors (Lipinski definition) is 2. The van der Waals surface area contributed by atoms with Gasteiger partial charge >= 0.3 is 0 Å². The van der Waals surface area contributed by atoms with Crippen LogP contribution in [0.2, 0.25) is 0 Å². The van der Waals surface area contributed by atoms with E-state index in [1.54, 1.807) is 7.11 Å². The van der Waals surface area contributed by atoms with Crippen LogP contribution < -0.4 is 20.1 Å². The Morgan fingerprint density at radius 3 is 2.70 bits per heavy atom. The van der Waals surface area contributed by atoms with Crippen molar-refractivity contribution in [2.45, 2.75) is 45.1 Å². The molecule has 1 aromatic carbocycles. The lowest BCUT2D eigenvalue weighted by molar-refractivity contribution is 0.206. The lowest BCUT2D eigenvalue weighted by Crippen LogP contribution is -2.31. The Balaban J connectivity index is 1.40. The number of hydrogen-bond acceptors (Lipinski definition) is 7. The molecule has 7 nitrogen and oxygen atoms in total. The van der Waals surface area contributed by atoms with Gasteiger partial charge in [-0.15, -0.1) is 0 Å². The van der Waals surface area contributed by atoms with E-state index in [4.69, 9.17) is 9.47 Å². The third-order valence-electron chi connectivity index (χ3n) is 6.16. The molecule has 2 heterocycles. The lowest BCUT2D eigenvalue weighted by Gasteiger charge is -2.23. The average Bonchev–Trinajstić information content (AvgIpc) is 3.44. The van der Waals surface area contributed by atoms with Gasteiger partial charge < -0.3 is 20.1 Å². The molecule has 162 valence electrons. The van der Waals surface area contributed by atoms with Gasteiger partial charge in [-0.25, -0.2) is 4.98 Å². The summed E-state index contributed by atoms with van der Waals surface area (Å²) in [5.74, 6) is 3.40. The van der Waals surface area contributed by atoms with Crippen LogP contribution >= 0.6 is 0 Å². The summed E-state index contributed by atoms with van der Waals surface area (Å²) in [4.78, 5) is 11.6. The third kappa shape index (κ3) is 4.95. The van der Waals surface area contributed by atoms with Crippen molar-refractivity contribution in [1.29, 1.82) is 0 Å². The van der Waals surface area contributed by atoms with Gasteiger partial charge in [-0.3, -0.25) is 4.90 Å². The largest absolute Gasteiger partial charge is 0.493 e. The molecule has 2 fully saturated rings. The van der Waals surface area contributed by atoms with E-state index in [0.29, 0.717) is 18.5 Å². The molecular formula is C23H33N5O2. The van der Waals surface area contributed by atoms with E-state index in [-0.39, 0.29) is 0 Å². The van der Waals surface area contributed by atoms with Crippen molar-refractivity contribution in [3.05, 3.63) is 30.0 Å². The number of benzene rings is 1. The summed E-state index contributed by atoms with van der Waals surface area (Å²) in [5.41, 5.74) is 1.77. The van der Waals surface area contributed by atoms with Gasteiger partial charge in [0.1, 0.15) is 5.82 Å². The van der Waals surface area contributed by atoms with Crippen LogP contribution in [0, 0.1) is 12.8 Å². The standard InChI is InChI=1S/C23H33N5O2/c1-16-12-22(24-2)27-23(25-16)26-18-8-9-20(29-3)21(13-18)30-15-17-10-11-28(14-17)19-6-4-5-7-19/h8-9,12-13,17,19H,4-7,10-11,14-15H2,1-3H3,(H2,24,25,26,27). The van der Waals surface area contributed by atoms with Gasteiger partial charge in [0.2, 0.25) is 5.95 Å². The second-order valence-electron chi connectivity index (χ2n) is 8.36. The number of aryl methyl sites for hydroxylation is 1. The fourth-order valence-electron chi connectivity index (χ4n) is 4.56. The van der Waals surface area contributed by atoms with Crippen LogP contribution in [-0.4, -0.2) is 54.8 Å². The van der Waals surface area contributed by atoms with Gasteiger partial charge in [-0.05, 0) is 44.9 Å². The van der Waals surface area contributed by atoms with Crippen LogP contribution in [0.4, 0.5) is 17.5 Å². The minimum Gasteiger partial charge on any atom is -0.493 e. The summed E-state index contributed by atoms with van der Waals surface area (Å²) in [6, 6.07) is 8.55. The van der Waals surface area contributed by atoms with Crippen molar-refractivity contribution < 1.29 is 9.47 Å². The molecule has 1 saturated heterocycles. The maximum absolute atomic E-state index is 6.23. The summed E-state index contributed by atoms with van der Waals surface area (Å²) in [7, 11) is 3.53. The molecule has 30 heavy (non-hydrogen) atoms. The number of nitrogens with one attached hydrogen (secondary N) is 2. The first-order valence-corrected chi connectivity index (χ1v) is 11.0. The number of likely N-dealkylation sites (tertiary alicyclic amines) is 1. The number of ether oxygens (including phenoxy) is 2. The summed E-state index contributed by atoms with van der Waals surface area (Å²) in [6.45, 7) is 5.02. The van der Waals surface area contributed by atoms with E-state index in [0.717, 1.165) is 41.3 Å². The highest BCUT2D eigenvalue weighted by atomic mass is 16.5. The number of aromatic nitrogens is 2. The van der Waals surface area contributed by atoms with Crippen molar-refractivity contribution in [1.82, 2.24) is 14.9 Å². The lowest BCUT2D eigenvalue weighted by atomic mass is 10.1. The van der Waals surface area contributed by atoms with Crippen LogP contribution in [0.25, 0.3) is 0 Å². The van der Waals surface area contributed by atoms with E-state index in [2.05, 4.69) is 25.5 Å². The predicted molar refractivity (Wildman–Crippen MR) is 120 cm³/mol. The number of methoxy groups -OCH3 is 1. The van der Waals surface area contributed by atoms with Crippen molar-refractivity contribution in [2.75, 3.05) is 44.5 Å². The Labute approximate surface area is 179 Å². The minimum absolute atomic E-state index is 0.554. The van der Waals surface area contributed by atoms with Crippen LogP contribution in [0.15, 0.2) is 24.3 Å². The molecule has 0 bridgehead atoms. The molecule has 2 aliphatic rings. The molecule has 1 aliphatic carbocycles. The summed E-state index contributed by atoms with van der Waals surface area (Å²) in [5, 5.41) is 6.34. The molecule has 2 N–H and O–H groups in total. The Morgan fingerprint density at radius 1 is 1.10 bits per heavy atom. The van der Waals surface area contributed by atoms with E-state index in [9.17, 15) is 0 Å². The molecule has 1 saturated carbocycles. The minimum atomic E-state index is 0.554. The maximum Gasteiger partial charge on any atom is 0.229 e. The van der Waals surface area contributed by atoms with E-state index < -0.39 is 0 Å². The van der Waals surface area contributed by atoms with Crippen molar-refractivity contribution >= 4 is 17.5 Å². The highest BCUT2D eigenvalue weighted by molar-refractivity contribution is 5.60. The highest BCUT2D eigenvalue weighted by Gasteiger charge is 2.30. The molecule has 4 rings (SSSR count). The zero-order chi connectivity index (χ0) is 20.9. The van der Waals surface area contributed by atoms with Gasteiger partial charge in [0.25, 0.3) is 0 Å². The van der Waals surface area contributed by atoms with E-state index in [1.807, 2.05) is 38.2 Å². The third-order valence-corrected chi connectivity index (χ3v) is 6.16. The van der Waals surface area contributed by atoms with Gasteiger partial charge in [0.05, 0.1) is 13.7 Å². The topological polar surface area (TPSA) is 71.5 Å². The highest BCUT2D eigenvalue weighted by Crippen LogP contribution is 2.33. The molecule has 1 unspecified atom stereocenters. The van der Waals surface area contributed by atoms with E-state index >= 15 is 0 Å². The van der Waals surface area contributed by atoms with Crippen molar-refractivity contribution in [2.24, 2.45) is 5.92 Å². The summed E-state index contributed by atoms with van der Waals surface area (Å²) >= 11 is 0. The first-order valence-electron chi connectivity index (χ1n) is 11.0. The average molecular weight is 412 g/mol. The van der Waals surface area contributed by atoms with E-state index in [1.165, 1.54) is 38.6 Å². The second-order valence-corrected chi connectivity index (χ2v) is 8.36. The number of nitrogens with zero attached hydrogens (tertiary/aromatic N) is 3. The van der Waals surface area contributed by atoms with Crippen LogP contribution in [0.3, 0.4) is 0 Å². The monoisotopic (exact) mass is 411 g/mol. The Morgan fingerprint density at radius 2 is 1.93 bits per heavy atom. The zero-order valence-corrected chi connectivity index (χ0v) is 18.3. The van der Waals surface area contributed by atoms with Gasteiger partial charge in [-0.1, -0.05) is 12.8 Å². The predicted octanol–water partition coefficient (Wildman–Crippen LogP) is 4.22. The molecule has 1 aliphatic heterocycles. The zero-order valence-electron chi connectivity index (χ0n) is 18.3. The molecule has 0 radical (unpaired) electrons. The molecule has 2 aromatic rings. The number of anilines is 3. The Kier molecular flexibility index (Phi) is 6.57. The second kappa shape index (κ2) is 9.51. The molecule has 7 heteroatoms. The van der Waals surface area contributed by atoms with Crippen LogP contribution in [0.5, 0.6) is 11.5 Å². The first kappa shape index (κ1) is 20.7. The number of rotatable bonds is 8. The Bertz CT molecular complexity index is 853. The molecule has 1 aromatic heterocycles. The SMILES string of the molecule is CNc1cc(C)nc(Nc2ccc(OC)c(OCC3CCN(C4CCCC4)C3)c2)n1. The quantitative estimate of drug-likeness (QED) is 0.674. The fraction of sp³-hybridized carbons (Fsp3) is 0.565. The van der Waals surface area contributed by atoms with Crippen LogP contribution in [0.1, 0.15) is 37.8 Å². The van der Waals surface area contributed by atoms with Crippen molar-refractivity contribution in [3.8, 4) is 11.5 Å². The van der Waals surface area contributed by atoms with Crippen molar-refractivity contribution in [3.63, 3.8) is 0 Å². The van der Waals surface area contributed by atoms with Crippen LogP contribution in [-0.2, 0) is 0 Å². The molecule has 1 atom stereocenters. The normalized spacial score (nSPS) is 19.8.